The summed E-state index contributed by atoms with van der Waals surface area (Å²) in [6, 6.07) is 9.23. The van der Waals surface area contributed by atoms with E-state index >= 15 is 0 Å². The van der Waals surface area contributed by atoms with Crippen LogP contribution in [0.15, 0.2) is 29.1 Å². The second-order valence-electron chi connectivity index (χ2n) is 7.83. The van der Waals surface area contributed by atoms with Crippen LogP contribution in [0.25, 0.3) is 10.8 Å². The summed E-state index contributed by atoms with van der Waals surface area (Å²) in [6.45, 7) is 1.51. The molecule has 1 aromatic heterocycles. The van der Waals surface area contributed by atoms with E-state index in [0.29, 0.717) is 29.3 Å². The molecule has 1 amide bonds. The number of ether oxygens (including phenoxy) is 1. The third-order valence-corrected chi connectivity index (χ3v) is 5.86. The van der Waals surface area contributed by atoms with Crippen LogP contribution in [0, 0.1) is 11.3 Å². The summed E-state index contributed by atoms with van der Waals surface area (Å²) in [5.41, 5.74) is -0.681. The largest absolute Gasteiger partial charge is 0.452 e. The van der Waals surface area contributed by atoms with Gasteiger partial charge in [0.2, 0.25) is 0 Å². The summed E-state index contributed by atoms with van der Waals surface area (Å²) in [5, 5.41) is 14.9. The van der Waals surface area contributed by atoms with Crippen molar-refractivity contribution in [3.05, 3.63) is 40.3 Å². The van der Waals surface area contributed by atoms with Gasteiger partial charge in [-0.05, 0) is 25.8 Å². The molecule has 1 fully saturated rings. The molecule has 0 aliphatic heterocycles. The predicted octanol–water partition coefficient (Wildman–Crippen LogP) is 2.09. The molecule has 2 aromatic rings. The van der Waals surface area contributed by atoms with E-state index in [0.717, 1.165) is 19.3 Å². The van der Waals surface area contributed by atoms with Gasteiger partial charge in [-0.25, -0.2) is 4.68 Å². The first-order valence-corrected chi connectivity index (χ1v) is 10.1. The SMILES string of the molecule is C[C@@H](OC(=O)Cc1nn(C)c(=O)c2ccccc12)C(=O)N(C)C1(C#N)CCCCC1. The number of amides is 1. The van der Waals surface area contributed by atoms with E-state index in [-0.39, 0.29) is 12.0 Å². The molecule has 158 valence electrons. The van der Waals surface area contributed by atoms with Crippen molar-refractivity contribution in [2.75, 3.05) is 7.05 Å². The molecule has 0 saturated heterocycles. The molecule has 1 atom stereocenters. The Hall–Kier alpha value is -3.21. The monoisotopic (exact) mass is 410 g/mol. The van der Waals surface area contributed by atoms with Gasteiger partial charge in [-0.1, -0.05) is 37.5 Å². The van der Waals surface area contributed by atoms with E-state index in [1.807, 2.05) is 0 Å². The van der Waals surface area contributed by atoms with E-state index in [1.54, 1.807) is 31.3 Å². The van der Waals surface area contributed by atoms with Crippen molar-refractivity contribution in [2.45, 2.75) is 57.1 Å². The first kappa shape index (κ1) is 21.5. The zero-order valence-electron chi connectivity index (χ0n) is 17.6. The summed E-state index contributed by atoms with van der Waals surface area (Å²) < 4.78 is 6.56. The standard InChI is InChI=1S/C22H26N4O4/c1-15(20(28)25(2)22(14-23)11-7-4-8-12-22)30-19(27)13-18-16-9-5-6-10-17(16)21(29)26(3)24-18/h5-6,9-10,15H,4,7-8,11-13H2,1-3H3/t15-/m1/s1. The number of aryl methyl sites for hydroxylation is 1. The van der Waals surface area contributed by atoms with Gasteiger partial charge in [0.15, 0.2) is 6.10 Å². The number of nitrogens with zero attached hydrogens (tertiary/aromatic N) is 4. The average Bonchev–Trinajstić information content (AvgIpc) is 2.76. The Morgan fingerprint density at radius 2 is 1.90 bits per heavy atom. The van der Waals surface area contributed by atoms with Crippen molar-refractivity contribution in [1.82, 2.24) is 14.7 Å². The van der Waals surface area contributed by atoms with Crippen LogP contribution in [0.3, 0.4) is 0 Å². The molecule has 3 rings (SSSR count). The number of fused-ring (bicyclic) bond motifs is 1. The lowest BCUT2D eigenvalue weighted by Crippen LogP contribution is -2.53. The van der Waals surface area contributed by atoms with E-state index in [2.05, 4.69) is 11.2 Å². The van der Waals surface area contributed by atoms with E-state index in [4.69, 9.17) is 4.74 Å². The molecule has 0 bridgehead atoms. The van der Waals surface area contributed by atoms with Gasteiger partial charge in [-0.15, -0.1) is 0 Å². The summed E-state index contributed by atoms with van der Waals surface area (Å²) in [5.74, 6) is -1.01. The molecular weight excluding hydrogens is 384 g/mol. The molecule has 1 aromatic carbocycles. The zero-order chi connectivity index (χ0) is 21.9. The normalized spacial score (nSPS) is 16.5. The summed E-state index contributed by atoms with van der Waals surface area (Å²) in [4.78, 5) is 39.0. The molecule has 0 unspecified atom stereocenters. The number of carbonyl (C=O) groups excluding carboxylic acids is 2. The number of aromatic nitrogens is 2. The maximum absolute atomic E-state index is 12.8. The van der Waals surface area contributed by atoms with E-state index in [1.165, 1.54) is 23.6 Å². The molecule has 0 N–H and O–H groups in total. The summed E-state index contributed by atoms with van der Waals surface area (Å²) >= 11 is 0. The predicted molar refractivity (Wildman–Crippen MR) is 110 cm³/mol. The molecule has 1 saturated carbocycles. The van der Waals surface area contributed by atoms with Gasteiger partial charge in [0.05, 0.1) is 23.6 Å². The fraction of sp³-hybridized carbons (Fsp3) is 0.500. The summed E-state index contributed by atoms with van der Waals surface area (Å²) in [6.07, 6.45) is 2.90. The second kappa shape index (κ2) is 8.66. The smallest absolute Gasteiger partial charge is 0.312 e. The summed E-state index contributed by atoms with van der Waals surface area (Å²) in [7, 11) is 3.12. The van der Waals surface area contributed by atoms with Crippen LogP contribution in [0.1, 0.15) is 44.7 Å². The van der Waals surface area contributed by atoms with Gasteiger partial charge in [0.25, 0.3) is 11.5 Å². The van der Waals surface area contributed by atoms with Crippen molar-refractivity contribution < 1.29 is 14.3 Å². The molecule has 1 heterocycles. The van der Waals surface area contributed by atoms with Crippen LogP contribution in [0.5, 0.6) is 0 Å². The maximum Gasteiger partial charge on any atom is 0.312 e. The second-order valence-corrected chi connectivity index (χ2v) is 7.83. The lowest BCUT2D eigenvalue weighted by atomic mass is 9.81. The minimum absolute atomic E-state index is 0.167. The third-order valence-electron chi connectivity index (χ3n) is 5.86. The Kier molecular flexibility index (Phi) is 6.20. The highest BCUT2D eigenvalue weighted by molar-refractivity contribution is 5.88. The molecule has 1 aliphatic rings. The Bertz CT molecular complexity index is 1060. The molecule has 0 radical (unpaired) electrons. The van der Waals surface area contributed by atoms with Crippen LogP contribution in [0.2, 0.25) is 0 Å². The fourth-order valence-corrected chi connectivity index (χ4v) is 4.07. The Balaban J connectivity index is 1.73. The van der Waals surface area contributed by atoms with Crippen LogP contribution < -0.4 is 5.56 Å². The topological polar surface area (TPSA) is 105 Å². The number of benzene rings is 1. The average molecular weight is 410 g/mol. The Morgan fingerprint density at radius 3 is 2.53 bits per heavy atom. The van der Waals surface area contributed by atoms with Crippen LogP contribution in [-0.4, -0.2) is 45.2 Å². The zero-order valence-corrected chi connectivity index (χ0v) is 17.6. The quantitative estimate of drug-likeness (QED) is 0.699. The van der Waals surface area contributed by atoms with Gasteiger partial charge in [-0.3, -0.25) is 14.4 Å². The van der Waals surface area contributed by atoms with Crippen molar-refractivity contribution in [1.29, 1.82) is 5.26 Å². The number of nitriles is 1. The molecule has 0 spiro atoms. The Labute approximate surface area is 175 Å². The number of rotatable bonds is 5. The first-order valence-electron chi connectivity index (χ1n) is 10.1. The molecule has 8 nitrogen and oxygen atoms in total. The van der Waals surface area contributed by atoms with E-state index < -0.39 is 23.5 Å². The van der Waals surface area contributed by atoms with Crippen molar-refractivity contribution in [3.63, 3.8) is 0 Å². The van der Waals surface area contributed by atoms with Crippen LogP contribution in [-0.2, 0) is 27.8 Å². The van der Waals surface area contributed by atoms with Crippen molar-refractivity contribution in [2.24, 2.45) is 7.05 Å². The van der Waals surface area contributed by atoms with E-state index in [9.17, 15) is 19.6 Å². The number of likely N-dealkylation sites (N-methyl/N-ethyl adjacent to an activating group) is 1. The van der Waals surface area contributed by atoms with Gasteiger partial charge >= 0.3 is 5.97 Å². The number of hydrogen-bond donors (Lipinski definition) is 0. The van der Waals surface area contributed by atoms with Crippen molar-refractivity contribution >= 4 is 22.6 Å². The lowest BCUT2D eigenvalue weighted by Gasteiger charge is -2.39. The number of carbonyl (C=O) groups is 2. The van der Waals surface area contributed by atoms with Crippen LogP contribution >= 0.6 is 0 Å². The third kappa shape index (κ3) is 4.06. The molecular formula is C22H26N4O4. The van der Waals surface area contributed by atoms with Gasteiger partial charge in [0.1, 0.15) is 5.54 Å². The van der Waals surface area contributed by atoms with Crippen LogP contribution in [0.4, 0.5) is 0 Å². The highest BCUT2D eigenvalue weighted by Gasteiger charge is 2.40. The fourth-order valence-electron chi connectivity index (χ4n) is 4.07. The van der Waals surface area contributed by atoms with Gasteiger partial charge in [0, 0.05) is 19.5 Å². The molecule has 8 heteroatoms. The van der Waals surface area contributed by atoms with Crippen molar-refractivity contribution in [3.8, 4) is 6.07 Å². The number of hydrogen-bond acceptors (Lipinski definition) is 6. The minimum atomic E-state index is -1.02. The minimum Gasteiger partial charge on any atom is -0.452 e. The highest BCUT2D eigenvalue weighted by Crippen LogP contribution is 2.33. The van der Waals surface area contributed by atoms with Gasteiger partial charge in [-0.2, -0.15) is 10.4 Å². The number of esters is 1. The maximum atomic E-state index is 12.8. The Morgan fingerprint density at radius 1 is 1.27 bits per heavy atom. The lowest BCUT2D eigenvalue weighted by molar-refractivity contribution is -0.160. The molecule has 1 aliphatic carbocycles. The first-order chi connectivity index (χ1) is 14.3. The molecule has 30 heavy (non-hydrogen) atoms. The highest BCUT2D eigenvalue weighted by atomic mass is 16.5. The van der Waals surface area contributed by atoms with Gasteiger partial charge < -0.3 is 9.64 Å².